The van der Waals surface area contributed by atoms with Crippen LogP contribution in [0.2, 0.25) is 0 Å². The Morgan fingerprint density at radius 2 is 1.83 bits per heavy atom. The summed E-state index contributed by atoms with van der Waals surface area (Å²) in [4.78, 5) is 26.6. The first-order valence-electron chi connectivity index (χ1n) is 11.3. The van der Waals surface area contributed by atoms with Crippen LogP contribution in [0, 0.1) is 11.3 Å². The monoisotopic (exact) mass is 407 g/mol. The fraction of sp³-hybridized carbons (Fsp3) is 0.583. The molecule has 2 bridgehead atoms. The first-order chi connectivity index (χ1) is 14.6. The van der Waals surface area contributed by atoms with Gasteiger partial charge in [-0.15, -0.1) is 0 Å². The van der Waals surface area contributed by atoms with E-state index in [1.54, 1.807) is 5.01 Å². The zero-order chi connectivity index (χ0) is 20.3. The van der Waals surface area contributed by atoms with E-state index in [2.05, 4.69) is 10.3 Å². The van der Waals surface area contributed by atoms with Gasteiger partial charge in [-0.2, -0.15) is 0 Å². The molecule has 7 rings (SSSR count). The van der Waals surface area contributed by atoms with Gasteiger partial charge in [-0.25, -0.2) is 14.8 Å². The fourth-order valence-electron chi connectivity index (χ4n) is 6.40. The third-order valence-corrected chi connectivity index (χ3v) is 8.11. The van der Waals surface area contributed by atoms with Crippen molar-refractivity contribution >= 4 is 11.9 Å². The lowest BCUT2D eigenvalue weighted by Crippen LogP contribution is -2.71. The minimum absolute atomic E-state index is 0.0648. The summed E-state index contributed by atoms with van der Waals surface area (Å²) in [6.07, 6.45) is 6.59. The molecule has 0 radical (unpaired) electrons. The molecule has 2 heterocycles. The zero-order valence-electron chi connectivity index (χ0n) is 17.4. The highest BCUT2D eigenvalue weighted by atomic mass is 16.6. The van der Waals surface area contributed by atoms with Gasteiger partial charge in [0.2, 0.25) is 0 Å². The fourth-order valence-corrected chi connectivity index (χ4v) is 6.40. The number of carbonyl (C=O) groups excluding carboxylic acids is 2. The number of Topliss-reactive ketones (excluding diaryl/α,β-unsaturated/α-hetero) is 1. The minimum Gasteiger partial charge on any atom is -0.443 e. The standard InChI is InChI=1S/C24H29N3O3/c28-20-14-23(6-8-25-9-7-23)13-19-15-26(24-10-18(11-24)12-24)27(21(19)20)22(29)30-16-17-4-2-1-3-5-17/h1-5,18,25H,6-16H2. The van der Waals surface area contributed by atoms with Crippen LogP contribution in [0.3, 0.4) is 0 Å². The third-order valence-electron chi connectivity index (χ3n) is 8.11. The van der Waals surface area contributed by atoms with Crippen molar-refractivity contribution < 1.29 is 14.3 Å². The lowest BCUT2D eigenvalue weighted by molar-refractivity contribution is -0.199. The summed E-state index contributed by atoms with van der Waals surface area (Å²) in [6, 6.07) is 9.74. The molecule has 2 aliphatic heterocycles. The number of rotatable bonds is 3. The number of nitrogens with zero attached hydrogens (tertiary/aromatic N) is 2. The highest BCUT2D eigenvalue weighted by Crippen LogP contribution is 2.63. The van der Waals surface area contributed by atoms with Crippen LogP contribution in [0.1, 0.15) is 50.5 Å². The molecule has 30 heavy (non-hydrogen) atoms. The Labute approximate surface area is 177 Å². The van der Waals surface area contributed by atoms with Crippen molar-refractivity contribution in [3.8, 4) is 0 Å². The van der Waals surface area contributed by atoms with Crippen LogP contribution in [0.4, 0.5) is 4.79 Å². The van der Waals surface area contributed by atoms with E-state index in [-0.39, 0.29) is 23.3 Å². The first-order valence-corrected chi connectivity index (χ1v) is 11.3. The molecule has 158 valence electrons. The van der Waals surface area contributed by atoms with Crippen molar-refractivity contribution in [2.75, 3.05) is 19.6 Å². The molecular weight excluding hydrogens is 378 g/mol. The summed E-state index contributed by atoms with van der Waals surface area (Å²) in [7, 11) is 0. The third kappa shape index (κ3) is 2.77. The summed E-state index contributed by atoms with van der Waals surface area (Å²) in [5, 5.41) is 7.27. The molecule has 4 fully saturated rings. The minimum atomic E-state index is -0.400. The zero-order valence-corrected chi connectivity index (χ0v) is 17.4. The first kappa shape index (κ1) is 18.6. The molecule has 1 aromatic carbocycles. The van der Waals surface area contributed by atoms with Crippen LogP contribution in [0.25, 0.3) is 0 Å². The molecule has 0 aromatic heterocycles. The van der Waals surface area contributed by atoms with Crippen molar-refractivity contribution in [1.82, 2.24) is 15.3 Å². The van der Waals surface area contributed by atoms with Crippen molar-refractivity contribution in [3.05, 3.63) is 47.2 Å². The van der Waals surface area contributed by atoms with Gasteiger partial charge in [-0.05, 0) is 74.1 Å². The summed E-state index contributed by atoms with van der Waals surface area (Å²) in [5.41, 5.74) is 2.89. The van der Waals surface area contributed by atoms with Gasteiger partial charge in [-0.3, -0.25) is 4.79 Å². The van der Waals surface area contributed by atoms with E-state index in [0.717, 1.165) is 68.7 Å². The number of allylic oxidation sites excluding steroid dienone is 1. The molecule has 1 amide bonds. The maximum Gasteiger partial charge on any atom is 0.429 e. The molecule has 1 N–H and O–H groups in total. The van der Waals surface area contributed by atoms with E-state index in [9.17, 15) is 9.59 Å². The predicted molar refractivity (Wildman–Crippen MR) is 111 cm³/mol. The number of nitrogens with one attached hydrogen (secondary N) is 1. The Hall–Kier alpha value is -2.18. The number of carbonyl (C=O) groups is 2. The van der Waals surface area contributed by atoms with E-state index in [1.165, 1.54) is 0 Å². The van der Waals surface area contributed by atoms with Crippen LogP contribution < -0.4 is 5.32 Å². The maximum atomic E-state index is 13.4. The lowest BCUT2D eigenvalue weighted by atomic mass is 9.49. The van der Waals surface area contributed by atoms with Gasteiger partial charge in [0.1, 0.15) is 12.3 Å². The average Bonchev–Trinajstić information content (AvgIpc) is 3.04. The summed E-state index contributed by atoms with van der Waals surface area (Å²) >= 11 is 0. The van der Waals surface area contributed by atoms with Crippen LogP contribution >= 0.6 is 0 Å². The summed E-state index contributed by atoms with van der Waals surface area (Å²) < 4.78 is 5.71. The largest absolute Gasteiger partial charge is 0.443 e. The van der Waals surface area contributed by atoms with E-state index >= 15 is 0 Å². The maximum absolute atomic E-state index is 13.4. The van der Waals surface area contributed by atoms with Gasteiger partial charge in [-0.1, -0.05) is 30.3 Å². The van der Waals surface area contributed by atoms with E-state index in [1.807, 2.05) is 30.3 Å². The van der Waals surface area contributed by atoms with Gasteiger partial charge in [0, 0.05) is 18.5 Å². The highest BCUT2D eigenvalue weighted by molar-refractivity contribution is 6.00. The van der Waals surface area contributed by atoms with Gasteiger partial charge < -0.3 is 10.1 Å². The normalized spacial score (nSPS) is 31.9. The number of hydrogen-bond acceptors (Lipinski definition) is 5. The predicted octanol–water partition coefficient (Wildman–Crippen LogP) is 3.40. The smallest absolute Gasteiger partial charge is 0.429 e. The Bertz CT molecular complexity index is 902. The lowest BCUT2D eigenvalue weighted by Gasteiger charge is -2.66. The molecule has 6 nitrogen and oxygen atoms in total. The van der Waals surface area contributed by atoms with Gasteiger partial charge in [0.15, 0.2) is 5.78 Å². The van der Waals surface area contributed by atoms with Gasteiger partial charge in [0.05, 0.1) is 0 Å². The van der Waals surface area contributed by atoms with Crippen LogP contribution in [-0.4, -0.2) is 47.1 Å². The summed E-state index contributed by atoms with van der Waals surface area (Å²) in [5.74, 6) is 0.931. The molecule has 0 atom stereocenters. The molecule has 4 aliphatic carbocycles. The number of piperidine rings is 1. The topological polar surface area (TPSA) is 61.9 Å². The van der Waals surface area contributed by atoms with Crippen molar-refractivity contribution in [1.29, 1.82) is 0 Å². The van der Waals surface area contributed by atoms with Gasteiger partial charge in [0.25, 0.3) is 0 Å². The number of benzene rings is 1. The second-order valence-corrected chi connectivity index (χ2v) is 10.1. The van der Waals surface area contributed by atoms with Crippen LogP contribution in [-0.2, 0) is 16.1 Å². The highest BCUT2D eigenvalue weighted by Gasteiger charge is 2.64. The molecule has 1 saturated heterocycles. The molecule has 1 aromatic rings. The Morgan fingerprint density at radius 1 is 1.10 bits per heavy atom. The number of hydrogen-bond donors (Lipinski definition) is 1. The SMILES string of the molecule is O=C1CC2(CCNCC2)CC2=C1N(C(=O)OCc1ccccc1)N(C13CC(C1)C3)C2. The number of amides is 1. The molecular formula is C24H29N3O3. The Kier molecular flexibility index (Phi) is 4.12. The molecule has 6 heteroatoms. The molecule has 1 spiro atoms. The average molecular weight is 408 g/mol. The van der Waals surface area contributed by atoms with Crippen molar-refractivity contribution in [2.24, 2.45) is 11.3 Å². The van der Waals surface area contributed by atoms with Crippen LogP contribution in [0.5, 0.6) is 0 Å². The summed E-state index contributed by atoms with van der Waals surface area (Å²) in [6.45, 7) is 2.90. The van der Waals surface area contributed by atoms with E-state index in [0.29, 0.717) is 18.7 Å². The molecule has 3 saturated carbocycles. The van der Waals surface area contributed by atoms with E-state index < -0.39 is 6.09 Å². The van der Waals surface area contributed by atoms with Crippen LogP contribution in [0.15, 0.2) is 41.6 Å². The number of ketones is 1. The van der Waals surface area contributed by atoms with E-state index in [4.69, 9.17) is 4.74 Å². The van der Waals surface area contributed by atoms with Crippen molar-refractivity contribution in [3.63, 3.8) is 0 Å². The second-order valence-electron chi connectivity index (χ2n) is 10.1. The number of ether oxygens (including phenoxy) is 1. The molecule has 0 unspecified atom stereocenters. The Balaban J connectivity index is 1.28. The second kappa shape index (κ2) is 6.66. The quantitative estimate of drug-likeness (QED) is 0.832. The Morgan fingerprint density at radius 3 is 2.50 bits per heavy atom. The van der Waals surface area contributed by atoms with Gasteiger partial charge >= 0.3 is 6.09 Å². The number of hydrazine groups is 1. The molecule has 6 aliphatic rings. The van der Waals surface area contributed by atoms with Crippen molar-refractivity contribution in [2.45, 2.75) is 57.1 Å².